The van der Waals surface area contributed by atoms with Gasteiger partial charge in [0.05, 0.1) is 13.2 Å². The van der Waals surface area contributed by atoms with Gasteiger partial charge in [-0.05, 0) is 19.1 Å². The van der Waals surface area contributed by atoms with Gasteiger partial charge in [-0.3, -0.25) is 4.79 Å². The van der Waals surface area contributed by atoms with E-state index in [-0.39, 0.29) is 5.91 Å². The Balaban J connectivity index is 2.09. The maximum atomic E-state index is 11.5. The number of aryl methyl sites for hydroxylation is 1. The number of nitrogens with zero attached hydrogens (tertiary/aromatic N) is 2. The van der Waals surface area contributed by atoms with Crippen LogP contribution in [0.4, 0.5) is 5.82 Å². The second-order valence-electron chi connectivity index (χ2n) is 4.06. The summed E-state index contributed by atoms with van der Waals surface area (Å²) in [6, 6.07) is 5.89. The number of morpholine rings is 1. The maximum absolute atomic E-state index is 11.5. The molecule has 0 radical (unpaired) electrons. The Labute approximate surface area is 101 Å². The normalized spacial score (nSPS) is 20.1. The van der Waals surface area contributed by atoms with E-state index in [4.69, 9.17) is 4.74 Å². The molecule has 0 saturated carbocycles. The average Bonchev–Trinajstić information content (AvgIpc) is 2.38. The molecule has 5 heteroatoms. The molecule has 1 saturated heterocycles. The summed E-state index contributed by atoms with van der Waals surface area (Å²) in [6.45, 7) is 3.83. The zero-order chi connectivity index (χ0) is 12.3. The summed E-state index contributed by atoms with van der Waals surface area (Å²) >= 11 is 0. The van der Waals surface area contributed by atoms with Crippen molar-refractivity contribution < 1.29 is 9.53 Å². The quantitative estimate of drug-likeness (QED) is 0.803. The number of ether oxygens (including phenoxy) is 1. The van der Waals surface area contributed by atoms with E-state index in [0.717, 1.165) is 18.1 Å². The lowest BCUT2D eigenvalue weighted by Gasteiger charge is -2.32. The van der Waals surface area contributed by atoms with Gasteiger partial charge in [0.1, 0.15) is 5.82 Å². The van der Waals surface area contributed by atoms with E-state index >= 15 is 0 Å². The Kier molecular flexibility index (Phi) is 3.58. The number of carbonyl (C=O) groups excluding carboxylic acids is 1. The van der Waals surface area contributed by atoms with Crippen LogP contribution < -0.4 is 10.2 Å². The monoisotopic (exact) mass is 235 g/mol. The van der Waals surface area contributed by atoms with Crippen molar-refractivity contribution in [2.75, 3.05) is 31.6 Å². The van der Waals surface area contributed by atoms with Gasteiger partial charge >= 0.3 is 0 Å². The predicted octanol–water partition coefficient (Wildman–Crippen LogP) is 0.341. The molecule has 2 heterocycles. The lowest BCUT2D eigenvalue weighted by Crippen LogP contribution is -2.49. The molecule has 5 nitrogen and oxygen atoms in total. The van der Waals surface area contributed by atoms with Crippen LogP contribution in [-0.4, -0.2) is 43.7 Å². The largest absolute Gasteiger partial charge is 0.365 e. The van der Waals surface area contributed by atoms with Crippen molar-refractivity contribution >= 4 is 11.7 Å². The number of likely N-dealkylation sites (N-methyl/N-ethyl adjacent to an activating group) is 1. The van der Waals surface area contributed by atoms with Crippen molar-refractivity contribution in [3.8, 4) is 0 Å². The number of nitrogens with one attached hydrogen (secondary N) is 1. The van der Waals surface area contributed by atoms with E-state index in [0.29, 0.717) is 13.2 Å². The van der Waals surface area contributed by atoms with Crippen LogP contribution in [0.2, 0.25) is 0 Å². The molecular weight excluding hydrogens is 218 g/mol. The highest BCUT2D eigenvalue weighted by Crippen LogP contribution is 2.15. The van der Waals surface area contributed by atoms with Crippen LogP contribution in [0.15, 0.2) is 18.2 Å². The first-order chi connectivity index (χ1) is 8.20. The molecule has 0 aliphatic carbocycles. The molecule has 1 aromatic rings. The molecule has 1 N–H and O–H groups in total. The van der Waals surface area contributed by atoms with Crippen LogP contribution >= 0.6 is 0 Å². The molecule has 1 aromatic heterocycles. The van der Waals surface area contributed by atoms with E-state index in [9.17, 15) is 4.79 Å². The number of hydrogen-bond acceptors (Lipinski definition) is 4. The Hall–Kier alpha value is -1.62. The molecule has 17 heavy (non-hydrogen) atoms. The van der Waals surface area contributed by atoms with Gasteiger partial charge in [-0.2, -0.15) is 0 Å². The van der Waals surface area contributed by atoms with Gasteiger partial charge in [0.2, 0.25) is 0 Å². The molecule has 0 unspecified atom stereocenters. The molecule has 0 spiro atoms. The van der Waals surface area contributed by atoms with E-state index < -0.39 is 6.10 Å². The van der Waals surface area contributed by atoms with Crippen molar-refractivity contribution in [2.45, 2.75) is 13.0 Å². The zero-order valence-electron chi connectivity index (χ0n) is 10.1. The van der Waals surface area contributed by atoms with Crippen LogP contribution in [0.25, 0.3) is 0 Å². The highest BCUT2D eigenvalue weighted by atomic mass is 16.5. The van der Waals surface area contributed by atoms with Crippen molar-refractivity contribution in [2.24, 2.45) is 0 Å². The minimum Gasteiger partial charge on any atom is -0.365 e. The molecule has 1 fully saturated rings. The Morgan fingerprint density at radius 1 is 1.59 bits per heavy atom. The third-order valence-electron chi connectivity index (χ3n) is 2.80. The predicted molar refractivity (Wildman–Crippen MR) is 65.0 cm³/mol. The minimum absolute atomic E-state index is 0.0812. The molecule has 2 rings (SSSR count). The van der Waals surface area contributed by atoms with Crippen LogP contribution in [-0.2, 0) is 9.53 Å². The summed E-state index contributed by atoms with van der Waals surface area (Å²) in [5.74, 6) is 0.824. The van der Waals surface area contributed by atoms with E-state index in [2.05, 4.69) is 15.2 Å². The molecule has 0 aromatic carbocycles. The van der Waals surface area contributed by atoms with Crippen molar-refractivity contribution in [1.82, 2.24) is 10.3 Å². The fourth-order valence-corrected chi connectivity index (χ4v) is 1.88. The number of hydrogen-bond donors (Lipinski definition) is 1. The van der Waals surface area contributed by atoms with Gasteiger partial charge in [0.15, 0.2) is 6.10 Å². The summed E-state index contributed by atoms with van der Waals surface area (Å²) in [4.78, 5) is 18.1. The summed E-state index contributed by atoms with van der Waals surface area (Å²) in [5.41, 5.74) is 0.977. The van der Waals surface area contributed by atoms with Crippen LogP contribution in [0.1, 0.15) is 5.69 Å². The average molecular weight is 235 g/mol. The fraction of sp³-hybridized carbons (Fsp3) is 0.500. The first kappa shape index (κ1) is 11.9. The lowest BCUT2D eigenvalue weighted by atomic mass is 10.2. The number of anilines is 1. The molecule has 1 atom stereocenters. The Bertz CT molecular complexity index is 408. The van der Waals surface area contributed by atoms with Crippen molar-refractivity contribution in [3.05, 3.63) is 23.9 Å². The first-order valence-corrected chi connectivity index (χ1v) is 5.72. The van der Waals surface area contributed by atoms with E-state index in [1.54, 1.807) is 7.05 Å². The topological polar surface area (TPSA) is 54.5 Å². The standard InChI is InChI=1S/C12H17N3O2/c1-9-4-3-5-11(14-9)15-6-7-17-10(8-15)12(16)13-2/h3-5,10H,6-8H2,1-2H3,(H,13,16)/t10-/m1/s1. The highest BCUT2D eigenvalue weighted by Gasteiger charge is 2.26. The summed E-state index contributed by atoms with van der Waals surface area (Å²) in [5, 5.41) is 2.61. The highest BCUT2D eigenvalue weighted by molar-refractivity contribution is 5.81. The molecular formula is C12H17N3O2. The van der Waals surface area contributed by atoms with Gasteiger partial charge < -0.3 is 15.0 Å². The molecule has 0 bridgehead atoms. The summed E-state index contributed by atoms with van der Waals surface area (Å²) < 4.78 is 5.43. The Morgan fingerprint density at radius 2 is 2.41 bits per heavy atom. The van der Waals surface area contributed by atoms with Crippen LogP contribution in [0, 0.1) is 6.92 Å². The maximum Gasteiger partial charge on any atom is 0.250 e. The van der Waals surface area contributed by atoms with E-state index in [1.165, 1.54) is 0 Å². The van der Waals surface area contributed by atoms with Crippen LogP contribution in [0.5, 0.6) is 0 Å². The first-order valence-electron chi connectivity index (χ1n) is 5.72. The summed E-state index contributed by atoms with van der Waals surface area (Å²) in [6.07, 6.45) is -0.406. The molecule has 1 aliphatic rings. The molecule has 92 valence electrons. The second-order valence-corrected chi connectivity index (χ2v) is 4.06. The fourth-order valence-electron chi connectivity index (χ4n) is 1.88. The third-order valence-corrected chi connectivity index (χ3v) is 2.80. The number of rotatable bonds is 2. The number of pyridine rings is 1. The lowest BCUT2D eigenvalue weighted by molar-refractivity contribution is -0.132. The number of carbonyl (C=O) groups is 1. The van der Waals surface area contributed by atoms with Crippen molar-refractivity contribution in [1.29, 1.82) is 0 Å². The smallest absolute Gasteiger partial charge is 0.250 e. The van der Waals surface area contributed by atoms with Gasteiger partial charge in [0, 0.05) is 19.3 Å². The van der Waals surface area contributed by atoms with E-state index in [1.807, 2.05) is 25.1 Å². The SMILES string of the molecule is CNC(=O)[C@H]1CN(c2cccc(C)n2)CCO1. The van der Waals surface area contributed by atoms with Gasteiger partial charge in [-0.25, -0.2) is 4.98 Å². The summed E-state index contributed by atoms with van der Waals surface area (Å²) in [7, 11) is 1.62. The zero-order valence-corrected chi connectivity index (χ0v) is 10.1. The Morgan fingerprint density at radius 3 is 3.12 bits per heavy atom. The molecule has 1 aliphatic heterocycles. The van der Waals surface area contributed by atoms with Crippen LogP contribution in [0.3, 0.4) is 0 Å². The second kappa shape index (κ2) is 5.14. The molecule has 1 amide bonds. The van der Waals surface area contributed by atoms with Gasteiger partial charge in [0.25, 0.3) is 5.91 Å². The number of aromatic nitrogens is 1. The number of amides is 1. The van der Waals surface area contributed by atoms with Gasteiger partial charge in [-0.15, -0.1) is 0 Å². The van der Waals surface area contributed by atoms with Gasteiger partial charge in [-0.1, -0.05) is 6.07 Å². The van der Waals surface area contributed by atoms with Crippen molar-refractivity contribution in [3.63, 3.8) is 0 Å². The minimum atomic E-state index is -0.406. The third kappa shape index (κ3) is 2.74.